The molecule has 17 heavy (non-hydrogen) atoms. The molecule has 1 atom stereocenters. The first-order chi connectivity index (χ1) is 8.13. The Hall–Kier alpha value is -0.860. The summed E-state index contributed by atoms with van der Waals surface area (Å²) in [6.45, 7) is 8.14. The largest absolute Gasteiger partial charge is 0.379 e. The number of likely N-dealkylation sites (N-methyl/N-ethyl adjacent to an activating group) is 1. The van der Waals surface area contributed by atoms with Crippen molar-refractivity contribution in [3.05, 3.63) is 35.4 Å². The molecule has 2 heteroatoms. The third-order valence-corrected chi connectivity index (χ3v) is 2.95. The van der Waals surface area contributed by atoms with Crippen molar-refractivity contribution in [2.45, 2.75) is 33.2 Å². The molecule has 1 unspecified atom stereocenters. The highest BCUT2D eigenvalue weighted by atomic mass is 16.5. The molecular formula is C15H25NO. The third kappa shape index (κ3) is 5.33. The highest BCUT2D eigenvalue weighted by molar-refractivity contribution is 5.24. The number of benzene rings is 1. The number of hydrogen-bond acceptors (Lipinski definition) is 2. The number of rotatable bonds is 7. The van der Waals surface area contributed by atoms with Crippen molar-refractivity contribution < 1.29 is 4.74 Å². The van der Waals surface area contributed by atoms with Crippen LogP contribution in [0.1, 0.15) is 37.4 Å². The number of nitrogens with one attached hydrogen (secondary N) is 1. The van der Waals surface area contributed by atoms with Gasteiger partial charge in [0.05, 0.1) is 12.6 Å². The fourth-order valence-electron chi connectivity index (χ4n) is 1.67. The van der Waals surface area contributed by atoms with Gasteiger partial charge in [-0.1, -0.05) is 43.7 Å². The molecular weight excluding hydrogens is 210 g/mol. The zero-order valence-corrected chi connectivity index (χ0v) is 11.5. The lowest BCUT2D eigenvalue weighted by Gasteiger charge is -2.17. The highest BCUT2D eigenvalue weighted by Crippen LogP contribution is 2.14. The summed E-state index contributed by atoms with van der Waals surface area (Å²) in [6.07, 6.45) is 1.13. The second-order valence-electron chi connectivity index (χ2n) is 5.01. The summed E-state index contributed by atoms with van der Waals surface area (Å²) >= 11 is 0. The van der Waals surface area contributed by atoms with Crippen molar-refractivity contribution in [3.8, 4) is 0 Å². The number of aryl methyl sites for hydroxylation is 1. The van der Waals surface area contributed by atoms with Gasteiger partial charge in [0.2, 0.25) is 0 Å². The molecule has 0 heterocycles. The van der Waals surface area contributed by atoms with Crippen LogP contribution in [-0.4, -0.2) is 20.3 Å². The molecule has 1 aromatic rings. The van der Waals surface area contributed by atoms with E-state index in [4.69, 9.17) is 4.74 Å². The van der Waals surface area contributed by atoms with Gasteiger partial charge in [-0.25, -0.2) is 0 Å². The van der Waals surface area contributed by atoms with Crippen LogP contribution in [0.15, 0.2) is 24.3 Å². The number of ether oxygens (including phenoxy) is 1. The Kier molecular flexibility index (Phi) is 6.23. The first kappa shape index (κ1) is 14.2. The summed E-state index contributed by atoms with van der Waals surface area (Å²) in [5.74, 6) is 0.711. The van der Waals surface area contributed by atoms with Gasteiger partial charge in [0.25, 0.3) is 0 Å². The molecule has 0 aromatic heterocycles. The Bertz CT molecular complexity index is 305. The molecule has 0 aliphatic heterocycles. The second-order valence-corrected chi connectivity index (χ2v) is 5.01. The molecule has 0 bridgehead atoms. The minimum atomic E-state index is 0.294. The van der Waals surface area contributed by atoms with Crippen molar-refractivity contribution in [2.24, 2.45) is 5.92 Å². The fourth-order valence-corrected chi connectivity index (χ4v) is 1.67. The highest BCUT2D eigenvalue weighted by Gasteiger charge is 2.08. The first-order valence-corrected chi connectivity index (χ1v) is 6.45. The molecule has 1 N–H and O–H groups in total. The van der Waals surface area contributed by atoms with Gasteiger partial charge >= 0.3 is 0 Å². The number of hydrogen-bond donors (Lipinski definition) is 1. The summed E-state index contributed by atoms with van der Waals surface area (Å²) in [5, 5.41) is 3.30. The Morgan fingerprint density at radius 2 is 1.82 bits per heavy atom. The van der Waals surface area contributed by atoms with Gasteiger partial charge in [0, 0.05) is 6.61 Å². The Morgan fingerprint density at radius 3 is 2.35 bits per heavy atom. The van der Waals surface area contributed by atoms with Crippen molar-refractivity contribution >= 4 is 0 Å². The van der Waals surface area contributed by atoms with Gasteiger partial charge < -0.3 is 10.1 Å². The molecule has 96 valence electrons. The predicted molar refractivity (Wildman–Crippen MR) is 73.3 cm³/mol. The SMILES string of the molecule is CNC(COCCC(C)C)c1ccc(C)cc1. The zero-order valence-electron chi connectivity index (χ0n) is 11.5. The molecule has 1 aromatic carbocycles. The minimum absolute atomic E-state index is 0.294. The lowest BCUT2D eigenvalue weighted by atomic mass is 10.1. The van der Waals surface area contributed by atoms with E-state index in [1.54, 1.807) is 0 Å². The topological polar surface area (TPSA) is 21.3 Å². The van der Waals surface area contributed by atoms with Crippen LogP contribution in [0.25, 0.3) is 0 Å². The van der Waals surface area contributed by atoms with E-state index in [2.05, 4.69) is 50.4 Å². The Labute approximate surface area is 105 Å². The Balaban J connectivity index is 2.40. The average molecular weight is 235 g/mol. The van der Waals surface area contributed by atoms with Crippen molar-refractivity contribution in [1.29, 1.82) is 0 Å². The maximum Gasteiger partial charge on any atom is 0.0661 e. The van der Waals surface area contributed by atoms with Gasteiger partial charge in [-0.3, -0.25) is 0 Å². The van der Waals surface area contributed by atoms with Crippen LogP contribution < -0.4 is 5.32 Å². The molecule has 0 radical (unpaired) electrons. The van der Waals surface area contributed by atoms with E-state index in [1.807, 2.05) is 7.05 Å². The summed E-state index contributed by atoms with van der Waals surface area (Å²) in [6, 6.07) is 8.93. The molecule has 0 aliphatic rings. The maximum atomic E-state index is 5.72. The standard InChI is InChI=1S/C15H25NO/c1-12(2)9-10-17-11-15(16-4)14-7-5-13(3)6-8-14/h5-8,12,15-16H,9-11H2,1-4H3. The van der Waals surface area contributed by atoms with Gasteiger partial charge in [-0.05, 0) is 31.9 Å². The fraction of sp³-hybridized carbons (Fsp3) is 0.600. The molecule has 0 saturated heterocycles. The van der Waals surface area contributed by atoms with E-state index in [1.165, 1.54) is 11.1 Å². The lowest BCUT2D eigenvalue weighted by molar-refractivity contribution is 0.104. The monoisotopic (exact) mass is 235 g/mol. The van der Waals surface area contributed by atoms with Crippen LogP contribution >= 0.6 is 0 Å². The smallest absolute Gasteiger partial charge is 0.0661 e. The molecule has 1 rings (SSSR count). The van der Waals surface area contributed by atoms with E-state index in [9.17, 15) is 0 Å². The van der Waals surface area contributed by atoms with E-state index in [0.29, 0.717) is 12.0 Å². The van der Waals surface area contributed by atoms with Crippen LogP contribution in [-0.2, 0) is 4.74 Å². The lowest BCUT2D eigenvalue weighted by Crippen LogP contribution is -2.22. The third-order valence-electron chi connectivity index (χ3n) is 2.95. The van der Waals surface area contributed by atoms with Crippen LogP contribution in [0.3, 0.4) is 0 Å². The quantitative estimate of drug-likeness (QED) is 0.732. The van der Waals surface area contributed by atoms with E-state index < -0.39 is 0 Å². The van der Waals surface area contributed by atoms with Crippen molar-refractivity contribution in [2.75, 3.05) is 20.3 Å². The van der Waals surface area contributed by atoms with Crippen molar-refractivity contribution in [3.63, 3.8) is 0 Å². The molecule has 0 aliphatic carbocycles. The van der Waals surface area contributed by atoms with Crippen LogP contribution in [0.4, 0.5) is 0 Å². The molecule has 0 fully saturated rings. The van der Waals surface area contributed by atoms with Gasteiger partial charge in [-0.15, -0.1) is 0 Å². The normalized spacial score (nSPS) is 13.0. The summed E-state index contributed by atoms with van der Waals surface area (Å²) in [5.41, 5.74) is 2.59. The van der Waals surface area contributed by atoms with Crippen LogP contribution in [0.2, 0.25) is 0 Å². The molecule has 0 saturated carbocycles. The van der Waals surface area contributed by atoms with Crippen molar-refractivity contribution in [1.82, 2.24) is 5.32 Å². The second kappa shape index (κ2) is 7.46. The minimum Gasteiger partial charge on any atom is -0.379 e. The van der Waals surface area contributed by atoms with E-state index in [0.717, 1.165) is 19.6 Å². The molecule has 0 amide bonds. The van der Waals surface area contributed by atoms with E-state index in [-0.39, 0.29) is 0 Å². The predicted octanol–water partition coefficient (Wildman–Crippen LogP) is 3.32. The average Bonchev–Trinajstić information content (AvgIpc) is 2.30. The summed E-state index contributed by atoms with van der Waals surface area (Å²) < 4.78 is 5.72. The zero-order chi connectivity index (χ0) is 12.7. The van der Waals surface area contributed by atoms with Crippen LogP contribution in [0, 0.1) is 12.8 Å². The van der Waals surface area contributed by atoms with Gasteiger partial charge in [0.15, 0.2) is 0 Å². The summed E-state index contributed by atoms with van der Waals surface area (Å²) in [4.78, 5) is 0. The van der Waals surface area contributed by atoms with Crippen LogP contribution in [0.5, 0.6) is 0 Å². The first-order valence-electron chi connectivity index (χ1n) is 6.45. The van der Waals surface area contributed by atoms with Gasteiger partial charge in [-0.2, -0.15) is 0 Å². The summed E-state index contributed by atoms with van der Waals surface area (Å²) in [7, 11) is 1.98. The molecule has 2 nitrogen and oxygen atoms in total. The molecule has 0 spiro atoms. The van der Waals surface area contributed by atoms with E-state index >= 15 is 0 Å². The Morgan fingerprint density at radius 1 is 1.18 bits per heavy atom. The van der Waals surface area contributed by atoms with Gasteiger partial charge in [0.1, 0.15) is 0 Å². The maximum absolute atomic E-state index is 5.72.